The van der Waals surface area contributed by atoms with Gasteiger partial charge < -0.3 is 4.85 Å². The van der Waals surface area contributed by atoms with Crippen LogP contribution in [0.15, 0.2) is 53.4 Å². The van der Waals surface area contributed by atoms with E-state index in [0.717, 1.165) is 11.1 Å². The number of sulfone groups is 1. The van der Waals surface area contributed by atoms with Crippen molar-refractivity contribution in [1.82, 2.24) is 0 Å². The quantitative estimate of drug-likeness (QED) is 0.802. The maximum absolute atomic E-state index is 12.7. The van der Waals surface area contributed by atoms with E-state index < -0.39 is 15.9 Å². The number of nitrogens with zero attached hydrogens (tertiary/aromatic N) is 1. The van der Waals surface area contributed by atoms with E-state index in [1.165, 1.54) is 0 Å². The molecule has 2 aromatic carbocycles. The Bertz CT molecular complexity index is 774. The van der Waals surface area contributed by atoms with Gasteiger partial charge in [-0.15, -0.1) is 0 Å². The number of hydrogen-bond acceptors (Lipinski definition) is 2. The van der Waals surface area contributed by atoms with Gasteiger partial charge in [0.2, 0.25) is 6.04 Å². The molecule has 0 heterocycles. The van der Waals surface area contributed by atoms with E-state index in [2.05, 4.69) is 4.85 Å². The molecule has 0 saturated heterocycles. The minimum atomic E-state index is -3.46. The lowest BCUT2D eigenvalue weighted by Gasteiger charge is -2.11. The fourth-order valence-electron chi connectivity index (χ4n) is 2.22. The second-order valence-corrected chi connectivity index (χ2v) is 7.05. The fraction of sp³-hybridized carbons (Fsp3) is 0.235. The first kappa shape index (κ1) is 15.3. The molecule has 4 heteroatoms. The highest BCUT2D eigenvalue weighted by Gasteiger charge is 2.24. The minimum absolute atomic E-state index is 0.0470. The van der Waals surface area contributed by atoms with Gasteiger partial charge in [0.1, 0.15) is 0 Å². The van der Waals surface area contributed by atoms with Crippen LogP contribution in [0.3, 0.4) is 0 Å². The van der Waals surface area contributed by atoms with Crippen LogP contribution in [0.1, 0.15) is 29.7 Å². The van der Waals surface area contributed by atoms with Gasteiger partial charge in [0.05, 0.1) is 16.2 Å². The van der Waals surface area contributed by atoms with Crippen LogP contribution in [0.5, 0.6) is 0 Å². The molecule has 21 heavy (non-hydrogen) atoms. The molecule has 108 valence electrons. The average Bonchev–Trinajstić information content (AvgIpc) is 2.46. The number of aryl methyl sites for hydroxylation is 1. The molecule has 0 aromatic heterocycles. The Hall–Kier alpha value is -2.12. The smallest absolute Gasteiger partial charge is 0.247 e. The minimum Gasteiger partial charge on any atom is -0.309 e. The van der Waals surface area contributed by atoms with Crippen molar-refractivity contribution in [1.29, 1.82) is 0 Å². The average molecular weight is 299 g/mol. The summed E-state index contributed by atoms with van der Waals surface area (Å²) < 4.78 is 25.3. The highest BCUT2D eigenvalue weighted by Crippen LogP contribution is 2.28. The first-order chi connectivity index (χ1) is 9.94. The van der Waals surface area contributed by atoms with Gasteiger partial charge in [0.15, 0.2) is 9.84 Å². The molecule has 2 rings (SSSR count). The van der Waals surface area contributed by atoms with Crippen LogP contribution in [0.2, 0.25) is 0 Å². The second kappa shape index (κ2) is 6.11. The molecule has 0 aliphatic carbocycles. The fourth-order valence-corrected chi connectivity index (χ4v) is 3.87. The Morgan fingerprint density at radius 2 is 1.81 bits per heavy atom. The van der Waals surface area contributed by atoms with E-state index >= 15 is 0 Å². The molecule has 0 fully saturated rings. The van der Waals surface area contributed by atoms with Crippen molar-refractivity contribution in [3.63, 3.8) is 0 Å². The van der Waals surface area contributed by atoms with Gasteiger partial charge >= 0.3 is 0 Å². The van der Waals surface area contributed by atoms with Crippen molar-refractivity contribution in [2.24, 2.45) is 0 Å². The van der Waals surface area contributed by atoms with Gasteiger partial charge in [0, 0.05) is 6.92 Å². The van der Waals surface area contributed by atoms with Gasteiger partial charge in [0.25, 0.3) is 0 Å². The van der Waals surface area contributed by atoms with Gasteiger partial charge in [-0.1, -0.05) is 42.0 Å². The van der Waals surface area contributed by atoms with Crippen molar-refractivity contribution in [2.45, 2.75) is 30.5 Å². The summed E-state index contributed by atoms with van der Waals surface area (Å²) in [5.41, 5.74) is 2.29. The molecule has 0 N–H and O–H groups in total. The number of hydrogen-bond donors (Lipinski definition) is 0. The van der Waals surface area contributed by atoms with Crippen molar-refractivity contribution in [2.75, 3.05) is 0 Å². The van der Waals surface area contributed by atoms with Gasteiger partial charge in [-0.2, -0.15) is 0 Å². The molecule has 0 aliphatic heterocycles. The van der Waals surface area contributed by atoms with E-state index in [1.807, 2.05) is 25.1 Å². The van der Waals surface area contributed by atoms with E-state index in [4.69, 9.17) is 6.57 Å². The molecule has 0 amide bonds. The zero-order valence-corrected chi connectivity index (χ0v) is 12.9. The summed E-state index contributed by atoms with van der Waals surface area (Å²) in [6, 6.07) is 13.8. The van der Waals surface area contributed by atoms with Crippen molar-refractivity contribution in [3.05, 3.63) is 76.6 Å². The third kappa shape index (κ3) is 3.50. The van der Waals surface area contributed by atoms with Crippen molar-refractivity contribution >= 4 is 9.84 Å². The standard InChI is InChI=1S/C17H17NO2S/c1-13-9-10-17(16(11-13)14(2)18-3)21(19,20)12-15-7-5-4-6-8-15/h4-11,14H,12H2,1-2H3. The maximum Gasteiger partial charge on any atom is 0.247 e. The van der Waals surface area contributed by atoms with Crippen LogP contribution in [0.25, 0.3) is 4.85 Å². The first-order valence-corrected chi connectivity index (χ1v) is 8.33. The summed E-state index contributed by atoms with van der Waals surface area (Å²) in [7, 11) is -3.46. The molecule has 0 saturated carbocycles. The van der Waals surface area contributed by atoms with E-state index in [0.29, 0.717) is 5.56 Å². The van der Waals surface area contributed by atoms with Crippen LogP contribution < -0.4 is 0 Å². The summed E-state index contributed by atoms with van der Waals surface area (Å²) in [4.78, 5) is 3.73. The van der Waals surface area contributed by atoms with Crippen molar-refractivity contribution < 1.29 is 8.42 Å². The molecule has 0 radical (unpaired) electrons. The number of benzene rings is 2. The summed E-state index contributed by atoms with van der Waals surface area (Å²) in [5, 5.41) is 0. The normalized spacial score (nSPS) is 12.6. The molecule has 0 spiro atoms. The Morgan fingerprint density at radius 1 is 1.14 bits per heavy atom. The molecular formula is C17H17NO2S. The van der Waals surface area contributed by atoms with Crippen molar-refractivity contribution in [3.8, 4) is 0 Å². The lowest BCUT2D eigenvalue weighted by molar-refractivity contribution is 0.593. The monoisotopic (exact) mass is 299 g/mol. The molecule has 0 aliphatic rings. The van der Waals surface area contributed by atoms with Crippen LogP contribution in [0.4, 0.5) is 0 Å². The lowest BCUT2D eigenvalue weighted by Crippen LogP contribution is -2.09. The van der Waals surface area contributed by atoms with Crippen LogP contribution in [0, 0.1) is 13.5 Å². The van der Waals surface area contributed by atoms with Crippen LogP contribution >= 0.6 is 0 Å². The molecule has 1 unspecified atom stereocenters. The first-order valence-electron chi connectivity index (χ1n) is 6.68. The summed E-state index contributed by atoms with van der Waals surface area (Å²) in [5.74, 6) is -0.0470. The molecular weight excluding hydrogens is 282 g/mol. The topological polar surface area (TPSA) is 38.5 Å². The molecule has 1 atom stereocenters. The molecule has 2 aromatic rings. The number of rotatable bonds is 4. The van der Waals surface area contributed by atoms with E-state index in [9.17, 15) is 8.42 Å². The zero-order chi connectivity index (χ0) is 15.5. The Morgan fingerprint density at radius 3 is 2.43 bits per heavy atom. The van der Waals surface area contributed by atoms with Crippen LogP contribution in [-0.2, 0) is 15.6 Å². The van der Waals surface area contributed by atoms with Gasteiger partial charge in [-0.05, 0) is 24.6 Å². The Labute approximate surface area is 126 Å². The maximum atomic E-state index is 12.7. The predicted molar refractivity (Wildman–Crippen MR) is 83.5 cm³/mol. The lowest BCUT2D eigenvalue weighted by atomic mass is 10.1. The molecule has 0 bridgehead atoms. The summed E-state index contributed by atoms with van der Waals surface area (Å²) >= 11 is 0. The largest absolute Gasteiger partial charge is 0.309 e. The predicted octanol–water partition coefficient (Wildman–Crippen LogP) is 3.95. The Balaban J connectivity index is 2.48. The van der Waals surface area contributed by atoms with E-state index in [1.54, 1.807) is 37.3 Å². The van der Waals surface area contributed by atoms with Crippen LogP contribution in [-0.4, -0.2) is 8.42 Å². The Kier molecular flexibility index (Phi) is 4.44. The zero-order valence-electron chi connectivity index (χ0n) is 12.1. The summed E-state index contributed by atoms with van der Waals surface area (Å²) in [6.45, 7) is 10.8. The van der Waals surface area contributed by atoms with Gasteiger partial charge in [-0.3, -0.25) is 0 Å². The second-order valence-electron chi connectivity index (χ2n) is 5.09. The van der Waals surface area contributed by atoms with E-state index in [-0.39, 0.29) is 10.6 Å². The third-order valence-electron chi connectivity index (χ3n) is 3.34. The summed E-state index contributed by atoms with van der Waals surface area (Å²) in [6.07, 6.45) is 0. The SMILES string of the molecule is [C-]#[N+]C(C)c1cc(C)ccc1S(=O)(=O)Cc1ccccc1. The highest BCUT2D eigenvalue weighted by atomic mass is 32.2. The third-order valence-corrected chi connectivity index (χ3v) is 5.10. The van der Waals surface area contributed by atoms with Gasteiger partial charge in [-0.25, -0.2) is 15.0 Å². The highest BCUT2D eigenvalue weighted by molar-refractivity contribution is 7.90. The molecule has 3 nitrogen and oxygen atoms in total.